The highest BCUT2D eigenvalue weighted by atomic mass is 32.2. The number of nitrogens with two attached hydrogens (primary N) is 1. The summed E-state index contributed by atoms with van der Waals surface area (Å²) in [7, 11) is 1.66. The lowest BCUT2D eigenvalue weighted by atomic mass is 10.0. The van der Waals surface area contributed by atoms with Crippen molar-refractivity contribution >= 4 is 23.5 Å². The van der Waals surface area contributed by atoms with Crippen LogP contribution in [-0.4, -0.2) is 40.7 Å². The van der Waals surface area contributed by atoms with Gasteiger partial charge < -0.3 is 15.0 Å². The normalized spacial score (nSPS) is 11.0. The second kappa shape index (κ2) is 8.71. The number of rotatable bonds is 8. The summed E-state index contributed by atoms with van der Waals surface area (Å²) in [5, 5.41) is 0.518. The van der Waals surface area contributed by atoms with Gasteiger partial charge in [0.05, 0.1) is 17.9 Å². The van der Waals surface area contributed by atoms with Crippen molar-refractivity contribution in [3.8, 4) is 0 Å². The second-order valence-corrected chi connectivity index (χ2v) is 7.60. The Morgan fingerprint density at radius 2 is 1.85 bits per heavy atom. The summed E-state index contributed by atoms with van der Waals surface area (Å²) >= 11 is 1.26. The van der Waals surface area contributed by atoms with E-state index in [-0.39, 0.29) is 11.5 Å². The summed E-state index contributed by atoms with van der Waals surface area (Å²) in [6.45, 7) is 10.9. The van der Waals surface area contributed by atoms with Crippen LogP contribution in [0.25, 0.3) is 0 Å². The Morgan fingerprint density at radius 1 is 1.19 bits per heavy atom. The van der Waals surface area contributed by atoms with Crippen molar-refractivity contribution < 1.29 is 14.3 Å². The minimum Gasteiger partial charge on any atom is -0.383 e. The summed E-state index contributed by atoms with van der Waals surface area (Å²) < 4.78 is 7.21. The van der Waals surface area contributed by atoms with Gasteiger partial charge in [-0.25, -0.2) is 4.98 Å². The predicted octanol–water partition coefficient (Wildman–Crippen LogP) is 3.15. The number of pyridine rings is 1. The maximum absolute atomic E-state index is 12.8. The molecular formula is C20H27N3O3S. The lowest BCUT2D eigenvalue weighted by molar-refractivity contribution is 0.0991. The Balaban J connectivity index is 2.25. The van der Waals surface area contributed by atoms with Crippen LogP contribution in [0.2, 0.25) is 0 Å². The first-order valence-electron chi connectivity index (χ1n) is 8.78. The summed E-state index contributed by atoms with van der Waals surface area (Å²) in [5.74, 6) is -0.315. The van der Waals surface area contributed by atoms with Crippen LogP contribution in [0, 0.1) is 34.6 Å². The monoisotopic (exact) mass is 389 g/mol. The van der Waals surface area contributed by atoms with Crippen molar-refractivity contribution in [3.63, 3.8) is 0 Å². The quantitative estimate of drug-likeness (QED) is 0.553. The molecule has 0 radical (unpaired) electrons. The molecule has 0 spiro atoms. The molecule has 0 bridgehead atoms. The molecule has 6 nitrogen and oxygen atoms in total. The van der Waals surface area contributed by atoms with E-state index in [0.29, 0.717) is 29.3 Å². The Hall–Kier alpha value is -2.12. The van der Waals surface area contributed by atoms with Crippen LogP contribution in [-0.2, 0) is 11.3 Å². The topological polar surface area (TPSA) is 87.2 Å². The number of ketones is 1. The minimum atomic E-state index is -0.518. The molecule has 0 saturated carbocycles. The molecule has 1 amide bonds. The van der Waals surface area contributed by atoms with E-state index in [1.165, 1.54) is 11.8 Å². The van der Waals surface area contributed by atoms with Crippen LogP contribution < -0.4 is 5.73 Å². The van der Waals surface area contributed by atoms with E-state index >= 15 is 0 Å². The van der Waals surface area contributed by atoms with E-state index in [4.69, 9.17) is 10.5 Å². The number of nitrogens with zero attached hydrogens (tertiary/aromatic N) is 2. The number of hydrogen-bond donors (Lipinski definition) is 1. The number of primary amides is 1. The molecule has 0 saturated heterocycles. The van der Waals surface area contributed by atoms with Gasteiger partial charge in [-0.05, 0) is 51.8 Å². The number of methoxy groups -OCH3 is 1. The summed E-state index contributed by atoms with van der Waals surface area (Å²) in [6.07, 6.45) is 0. The first-order chi connectivity index (χ1) is 12.7. The molecule has 2 N–H and O–H groups in total. The van der Waals surface area contributed by atoms with Crippen molar-refractivity contribution in [1.29, 1.82) is 0 Å². The van der Waals surface area contributed by atoms with E-state index in [2.05, 4.69) is 9.55 Å². The van der Waals surface area contributed by atoms with E-state index in [1.807, 2.05) is 40.7 Å². The third-order valence-corrected chi connectivity index (χ3v) is 5.92. The molecule has 0 aliphatic heterocycles. The highest BCUT2D eigenvalue weighted by Crippen LogP contribution is 2.28. The van der Waals surface area contributed by atoms with E-state index in [9.17, 15) is 9.59 Å². The molecule has 0 unspecified atom stereocenters. The number of aryl methyl sites for hydroxylation is 2. The molecule has 2 heterocycles. The van der Waals surface area contributed by atoms with E-state index < -0.39 is 5.91 Å². The number of thioether (sulfide) groups is 1. The van der Waals surface area contributed by atoms with Crippen LogP contribution in [0.5, 0.6) is 0 Å². The van der Waals surface area contributed by atoms with Gasteiger partial charge >= 0.3 is 0 Å². The number of carbonyl (C=O) groups excluding carboxylic acids is 2. The first kappa shape index (κ1) is 21.2. The van der Waals surface area contributed by atoms with Crippen molar-refractivity contribution in [2.45, 2.75) is 46.2 Å². The van der Waals surface area contributed by atoms with Gasteiger partial charge in [-0.3, -0.25) is 9.59 Å². The fraction of sp³-hybridized carbons (Fsp3) is 0.450. The number of ether oxygens (including phenoxy) is 1. The number of aromatic nitrogens is 2. The highest BCUT2D eigenvalue weighted by molar-refractivity contribution is 8.00. The van der Waals surface area contributed by atoms with Gasteiger partial charge in [-0.15, -0.1) is 0 Å². The molecule has 0 fully saturated rings. The number of carbonyl (C=O) groups is 2. The summed E-state index contributed by atoms with van der Waals surface area (Å²) in [4.78, 5) is 29.2. The Labute approximate surface area is 164 Å². The molecule has 146 valence electrons. The molecule has 2 aromatic rings. The highest BCUT2D eigenvalue weighted by Gasteiger charge is 2.20. The van der Waals surface area contributed by atoms with Crippen LogP contribution >= 0.6 is 11.8 Å². The molecule has 0 atom stereocenters. The zero-order valence-corrected chi connectivity index (χ0v) is 17.6. The zero-order chi connectivity index (χ0) is 20.3. The Morgan fingerprint density at radius 3 is 2.44 bits per heavy atom. The van der Waals surface area contributed by atoms with Crippen molar-refractivity contribution in [2.75, 3.05) is 19.5 Å². The van der Waals surface area contributed by atoms with Gasteiger partial charge in [0.1, 0.15) is 5.03 Å². The average Bonchev–Trinajstić information content (AvgIpc) is 2.89. The molecular weight excluding hydrogens is 362 g/mol. The predicted molar refractivity (Wildman–Crippen MR) is 108 cm³/mol. The standard InChI is InChI=1S/C20H27N3O3S/c1-11-9-16(15(5)23(11)7-8-26-6)17(24)10-27-20-18(19(21)25)13(3)12(2)14(4)22-20/h9H,7-8,10H2,1-6H3,(H2,21,25). The van der Waals surface area contributed by atoms with Crippen molar-refractivity contribution in [2.24, 2.45) is 5.73 Å². The number of hydrogen-bond acceptors (Lipinski definition) is 5. The average molecular weight is 390 g/mol. The lowest BCUT2D eigenvalue weighted by Gasteiger charge is -2.13. The molecule has 0 aromatic carbocycles. The minimum absolute atomic E-state index is 0.00451. The second-order valence-electron chi connectivity index (χ2n) is 6.63. The van der Waals surface area contributed by atoms with Crippen LogP contribution in [0.1, 0.15) is 48.9 Å². The van der Waals surface area contributed by atoms with Gasteiger partial charge in [0.2, 0.25) is 0 Å². The van der Waals surface area contributed by atoms with Gasteiger partial charge in [0.15, 0.2) is 5.78 Å². The molecule has 7 heteroatoms. The molecule has 2 aromatic heterocycles. The van der Waals surface area contributed by atoms with Gasteiger partial charge in [-0.1, -0.05) is 11.8 Å². The van der Waals surface area contributed by atoms with Crippen molar-refractivity contribution in [3.05, 3.63) is 45.4 Å². The SMILES string of the molecule is COCCn1c(C)cc(C(=O)CSc2nc(C)c(C)c(C)c2C(N)=O)c1C. The smallest absolute Gasteiger partial charge is 0.251 e. The molecule has 27 heavy (non-hydrogen) atoms. The summed E-state index contributed by atoms with van der Waals surface area (Å²) in [6, 6.07) is 1.90. The van der Waals surface area contributed by atoms with Gasteiger partial charge in [-0.2, -0.15) is 0 Å². The maximum atomic E-state index is 12.8. The number of Topliss-reactive ketones (excluding diaryl/α,β-unsaturated/α-hetero) is 1. The fourth-order valence-corrected chi connectivity index (χ4v) is 4.15. The zero-order valence-electron chi connectivity index (χ0n) is 16.8. The Kier molecular flexibility index (Phi) is 6.84. The van der Waals surface area contributed by atoms with Gasteiger partial charge in [0.25, 0.3) is 5.91 Å². The van der Waals surface area contributed by atoms with Crippen LogP contribution in [0.3, 0.4) is 0 Å². The van der Waals surface area contributed by atoms with Crippen LogP contribution in [0.4, 0.5) is 0 Å². The molecule has 2 rings (SSSR count). The fourth-order valence-electron chi connectivity index (χ4n) is 3.13. The Bertz CT molecular complexity index is 887. The van der Waals surface area contributed by atoms with E-state index in [0.717, 1.165) is 28.2 Å². The molecule has 0 aliphatic carbocycles. The third-order valence-electron chi connectivity index (χ3n) is 4.94. The molecule has 0 aliphatic rings. The third kappa shape index (κ3) is 4.42. The largest absolute Gasteiger partial charge is 0.383 e. The summed E-state index contributed by atoms with van der Waals surface area (Å²) in [5.41, 5.74) is 11.2. The van der Waals surface area contributed by atoms with Crippen molar-refractivity contribution in [1.82, 2.24) is 9.55 Å². The number of amides is 1. The maximum Gasteiger partial charge on any atom is 0.251 e. The lowest BCUT2D eigenvalue weighted by Crippen LogP contribution is -2.17. The van der Waals surface area contributed by atoms with Crippen LogP contribution in [0.15, 0.2) is 11.1 Å². The first-order valence-corrected chi connectivity index (χ1v) is 9.76. The van der Waals surface area contributed by atoms with E-state index in [1.54, 1.807) is 7.11 Å². The van der Waals surface area contributed by atoms with Gasteiger partial charge in [0, 0.05) is 36.3 Å².